The molecule has 2 heterocycles. The minimum Gasteiger partial charge on any atom is -0.454 e. The van der Waals surface area contributed by atoms with Crippen LogP contribution in [0.4, 0.5) is 9.93 Å². The van der Waals surface area contributed by atoms with Crippen molar-refractivity contribution >= 4 is 28.5 Å². The van der Waals surface area contributed by atoms with Crippen molar-refractivity contribution in [3.05, 3.63) is 34.8 Å². The summed E-state index contributed by atoms with van der Waals surface area (Å²) in [5.41, 5.74) is 1.50. The first-order valence-corrected chi connectivity index (χ1v) is 8.55. The van der Waals surface area contributed by atoms with Crippen LogP contribution in [-0.4, -0.2) is 30.4 Å². The Labute approximate surface area is 148 Å². The lowest BCUT2D eigenvalue weighted by molar-refractivity contribution is -0.120. The first kappa shape index (κ1) is 17.0. The number of hydrogen-bond donors (Lipinski definition) is 2. The van der Waals surface area contributed by atoms with Gasteiger partial charge in [-0.1, -0.05) is 6.07 Å². The molecule has 2 aromatic rings. The first-order valence-electron chi connectivity index (χ1n) is 7.67. The van der Waals surface area contributed by atoms with Crippen LogP contribution in [-0.2, 0) is 22.5 Å². The molecule has 0 bridgehead atoms. The van der Waals surface area contributed by atoms with Gasteiger partial charge in [-0.2, -0.15) is 0 Å². The molecule has 3 rings (SSSR count). The Kier molecular flexibility index (Phi) is 5.34. The summed E-state index contributed by atoms with van der Waals surface area (Å²) in [7, 11) is 0. The topological polar surface area (TPSA) is 98.8 Å². The number of anilines is 1. The third-order valence-corrected chi connectivity index (χ3v) is 4.11. The number of aromatic nitrogens is 1. The van der Waals surface area contributed by atoms with Gasteiger partial charge in [-0.15, -0.1) is 11.3 Å². The van der Waals surface area contributed by atoms with Crippen molar-refractivity contribution in [3.8, 4) is 11.5 Å². The number of hydrogen-bond acceptors (Lipinski definition) is 7. The Balaban J connectivity index is 1.48. The first-order chi connectivity index (χ1) is 12.1. The predicted molar refractivity (Wildman–Crippen MR) is 90.9 cm³/mol. The quantitative estimate of drug-likeness (QED) is 0.817. The molecule has 2 amide bonds. The van der Waals surface area contributed by atoms with Gasteiger partial charge in [0.05, 0.1) is 18.7 Å². The molecule has 1 aromatic carbocycles. The molecule has 0 aliphatic carbocycles. The molecule has 0 spiro atoms. The summed E-state index contributed by atoms with van der Waals surface area (Å²) < 4.78 is 15.3. The highest BCUT2D eigenvalue weighted by Crippen LogP contribution is 2.32. The fourth-order valence-corrected chi connectivity index (χ4v) is 2.87. The number of carbonyl (C=O) groups is 2. The molecule has 0 atom stereocenters. The number of amides is 2. The van der Waals surface area contributed by atoms with E-state index < -0.39 is 6.09 Å². The van der Waals surface area contributed by atoms with Crippen LogP contribution in [0, 0.1) is 0 Å². The molecule has 132 valence electrons. The van der Waals surface area contributed by atoms with Crippen LogP contribution < -0.4 is 20.1 Å². The summed E-state index contributed by atoms with van der Waals surface area (Å²) >= 11 is 1.24. The molecule has 0 radical (unpaired) electrons. The van der Waals surface area contributed by atoms with Crippen LogP contribution in [0.25, 0.3) is 0 Å². The van der Waals surface area contributed by atoms with E-state index in [1.54, 1.807) is 12.3 Å². The van der Waals surface area contributed by atoms with Gasteiger partial charge in [-0.3, -0.25) is 10.1 Å². The Morgan fingerprint density at radius 2 is 2.16 bits per heavy atom. The largest absolute Gasteiger partial charge is 0.454 e. The minimum atomic E-state index is -0.560. The molecule has 0 saturated heterocycles. The second kappa shape index (κ2) is 7.84. The maximum Gasteiger partial charge on any atom is 0.413 e. The third-order valence-electron chi connectivity index (χ3n) is 3.30. The van der Waals surface area contributed by atoms with E-state index in [1.165, 1.54) is 11.3 Å². The lowest BCUT2D eigenvalue weighted by Crippen LogP contribution is -2.24. The average molecular weight is 363 g/mol. The minimum absolute atomic E-state index is 0.131. The molecule has 25 heavy (non-hydrogen) atoms. The van der Waals surface area contributed by atoms with E-state index in [1.807, 2.05) is 18.2 Å². The summed E-state index contributed by atoms with van der Waals surface area (Å²) in [4.78, 5) is 27.5. The highest BCUT2D eigenvalue weighted by Gasteiger charge is 2.14. The van der Waals surface area contributed by atoms with Gasteiger partial charge >= 0.3 is 6.09 Å². The Morgan fingerprint density at radius 3 is 3.00 bits per heavy atom. The molecule has 1 aliphatic heterocycles. The lowest BCUT2D eigenvalue weighted by Gasteiger charge is -2.05. The number of nitrogens with zero attached hydrogens (tertiary/aromatic N) is 1. The van der Waals surface area contributed by atoms with Gasteiger partial charge in [0.2, 0.25) is 12.7 Å². The monoisotopic (exact) mass is 363 g/mol. The fraction of sp³-hybridized carbons (Fsp3) is 0.312. The van der Waals surface area contributed by atoms with Crippen molar-refractivity contribution in [1.29, 1.82) is 0 Å². The van der Waals surface area contributed by atoms with Gasteiger partial charge in [-0.25, -0.2) is 9.78 Å². The smallest absolute Gasteiger partial charge is 0.413 e. The normalized spacial score (nSPS) is 11.9. The molecule has 9 heteroatoms. The van der Waals surface area contributed by atoms with Gasteiger partial charge in [-0.05, 0) is 24.6 Å². The lowest BCUT2D eigenvalue weighted by atomic mass is 10.2. The van der Waals surface area contributed by atoms with Crippen molar-refractivity contribution in [2.45, 2.75) is 19.9 Å². The van der Waals surface area contributed by atoms with Crippen molar-refractivity contribution in [2.75, 3.05) is 18.7 Å². The van der Waals surface area contributed by atoms with Crippen molar-refractivity contribution < 1.29 is 23.8 Å². The summed E-state index contributed by atoms with van der Waals surface area (Å²) in [6.45, 7) is 2.61. The van der Waals surface area contributed by atoms with Crippen molar-refractivity contribution in [1.82, 2.24) is 10.3 Å². The Hall–Kier alpha value is -2.81. The van der Waals surface area contributed by atoms with E-state index in [2.05, 4.69) is 15.6 Å². The molecular formula is C16H17N3O5S. The molecular weight excluding hydrogens is 346 g/mol. The standard InChI is InChI=1S/C16H17N3O5S/c1-2-22-16(21)19-15-18-11(8-25-15)6-14(20)17-7-10-3-4-12-13(5-10)24-9-23-12/h3-5,8H,2,6-7,9H2,1H3,(H,17,20)(H,18,19,21). The van der Waals surface area contributed by atoms with Crippen LogP contribution in [0.15, 0.2) is 23.6 Å². The van der Waals surface area contributed by atoms with E-state index in [0.29, 0.717) is 28.9 Å². The molecule has 1 aliphatic rings. The molecule has 8 nitrogen and oxygen atoms in total. The third kappa shape index (κ3) is 4.60. The van der Waals surface area contributed by atoms with Crippen LogP contribution in [0.5, 0.6) is 11.5 Å². The number of benzene rings is 1. The van der Waals surface area contributed by atoms with Gasteiger partial charge in [0.25, 0.3) is 0 Å². The van der Waals surface area contributed by atoms with E-state index in [9.17, 15) is 9.59 Å². The summed E-state index contributed by atoms with van der Waals surface area (Å²) in [6, 6.07) is 5.53. The summed E-state index contributed by atoms with van der Waals surface area (Å²) in [6.07, 6.45) is -0.429. The predicted octanol–water partition coefficient (Wildman–Crippen LogP) is 2.30. The molecule has 2 N–H and O–H groups in total. The van der Waals surface area contributed by atoms with E-state index >= 15 is 0 Å². The fourth-order valence-electron chi connectivity index (χ4n) is 2.18. The number of fused-ring (bicyclic) bond motifs is 1. The maximum atomic E-state index is 12.0. The molecule has 0 saturated carbocycles. The molecule has 0 fully saturated rings. The zero-order chi connectivity index (χ0) is 17.6. The summed E-state index contributed by atoms with van der Waals surface area (Å²) in [5.74, 6) is 1.23. The number of carbonyl (C=O) groups excluding carboxylic acids is 2. The van der Waals surface area contributed by atoms with Crippen LogP contribution in [0.1, 0.15) is 18.2 Å². The number of rotatable bonds is 6. The van der Waals surface area contributed by atoms with E-state index in [-0.39, 0.29) is 25.7 Å². The van der Waals surface area contributed by atoms with Crippen molar-refractivity contribution in [3.63, 3.8) is 0 Å². The Morgan fingerprint density at radius 1 is 1.32 bits per heavy atom. The molecule has 0 unspecified atom stereocenters. The zero-order valence-electron chi connectivity index (χ0n) is 13.5. The van der Waals surface area contributed by atoms with Crippen LogP contribution in [0.3, 0.4) is 0 Å². The van der Waals surface area contributed by atoms with Gasteiger partial charge in [0, 0.05) is 11.9 Å². The number of ether oxygens (including phenoxy) is 3. The van der Waals surface area contributed by atoms with Gasteiger partial charge in [0.15, 0.2) is 16.6 Å². The second-order valence-corrected chi connectivity index (χ2v) is 5.99. The highest BCUT2D eigenvalue weighted by atomic mass is 32.1. The van der Waals surface area contributed by atoms with E-state index in [0.717, 1.165) is 5.56 Å². The highest BCUT2D eigenvalue weighted by molar-refractivity contribution is 7.13. The van der Waals surface area contributed by atoms with Gasteiger partial charge < -0.3 is 19.5 Å². The van der Waals surface area contributed by atoms with Crippen molar-refractivity contribution in [2.24, 2.45) is 0 Å². The van der Waals surface area contributed by atoms with Gasteiger partial charge in [0.1, 0.15) is 0 Å². The number of thiazole rings is 1. The zero-order valence-corrected chi connectivity index (χ0v) is 14.4. The van der Waals surface area contributed by atoms with Crippen LogP contribution in [0.2, 0.25) is 0 Å². The summed E-state index contributed by atoms with van der Waals surface area (Å²) in [5, 5.41) is 7.46. The molecule has 1 aromatic heterocycles. The van der Waals surface area contributed by atoms with E-state index in [4.69, 9.17) is 14.2 Å². The van der Waals surface area contributed by atoms with Crippen LogP contribution >= 0.6 is 11.3 Å². The SMILES string of the molecule is CCOC(=O)Nc1nc(CC(=O)NCc2ccc3c(c2)OCO3)cs1. The number of nitrogens with one attached hydrogen (secondary N) is 2. The average Bonchev–Trinajstić information content (AvgIpc) is 3.22. The maximum absolute atomic E-state index is 12.0. The second-order valence-electron chi connectivity index (χ2n) is 5.13. The Bertz CT molecular complexity index is 777.